The summed E-state index contributed by atoms with van der Waals surface area (Å²) in [6.07, 6.45) is 6.54. The van der Waals surface area contributed by atoms with Crippen molar-refractivity contribution in [2.75, 3.05) is 42.5 Å². The van der Waals surface area contributed by atoms with Gasteiger partial charge in [0.1, 0.15) is 0 Å². The van der Waals surface area contributed by atoms with E-state index in [2.05, 4.69) is 59.8 Å². The van der Waals surface area contributed by atoms with E-state index in [1.165, 1.54) is 16.2 Å². The lowest BCUT2D eigenvalue weighted by Gasteiger charge is -2.37. The van der Waals surface area contributed by atoms with Crippen molar-refractivity contribution >= 4 is 29.2 Å². The average Bonchev–Trinajstić information content (AvgIpc) is 3.16. The molecule has 1 amide bonds. The quantitative estimate of drug-likeness (QED) is 0.352. The van der Waals surface area contributed by atoms with Crippen molar-refractivity contribution in [3.63, 3.8) is 0 Å². The smallest absolute Gasteiger partial charge is 0.404 e. The molecule has 8 nitrogen and oxygen atoms in total. The summed E-state index contributed by atoms with van der Waals surface area (Å²) in [4.78, 5) is 42.7. The first-order chi connectivity index (χ1) is 17.4. The molecule has 2 aromatic rings. The van der Waals surface area contributed by atoms with Crippen LogP contribution in [0.4, 0.5) is 11.4 Å². The normalized spacial score (nSPS) is 19.0. The molecule has 0 atom stereocenters. The molecule has 3 aliphatic heterocycles. The van der Waals surface area contributed by atoms with Crippen LogP contribution < -0.4 is 9.80 Å². The lowest BCUT2D eigenvalue weighted by Crippen LogP contribution is -2.55. The van der Waals surface area contributed by atoms with Gasteiger partial charge >= 0.3 is 23.6 Å². The Balaban J connectivity index is 1.25. The van der Waals surface area contributed by atoms with Crippen molar-refractivity contribution in [3.05, 3.63) is 84.1 Å². The molecule has 2 fully saturated rings. The van der Waals surface area contributed by atoms with E-state index in [1.54, 1.807) is 6.08 Å². The van der Waals surface area contributed by atoms with E-state index < -0.39 is 23.6 Å². The molecule has 2 saturated heterocycles. The Hall–Kier alpha value is -4.07. The van der Waals surface area contributed by atoms with Crippen molar-refractivity contribution in [2.24, 2.45) is 0 Å². The van der Waals surface area contributed by atoms with Gasteiger partial charge in [0.2, 0.25) is 0 Å². The number of allylic oxidation sites excluding steroid dienone is 1. The Labute approximate surface area is 210 Å². The molecule has 1 spiro atoms. The standard InChI is InChI=1S/C28H29N3O5/c1-3-11-31-24-10-9-21(18-22(24)19-28(27(31)34)35-25(32)26(33)36-28)7-5-12-29-13-15-30(16-14-29)23-8-4-6-20(2)17-23/h3-6,8-10,12,17-18H,1,7,11,13-16,19H2,2H3/b12-5+. The number of amides is 1. The number of esters is 2. The number of carbonyl (C=O) groups is 3. The van der Waals surface area contributed by atoms with Gasteiger partial charge in [0.15, 0.2) is 0 Å². The maximum atomic E-state index is 13.1. The lowest BCUT2D eigenvalue weighted by molar-refractivity contribution is -0.188. The van der Waals surface area contributed by atoms with Crippen LogP contribution in [-0.4, -0.2) is 61.3 Å². The van der Waals surface area contributed by atoms with Crippen LogP contribution in [0.15, 0.2) is 67.4 Å². The molecule has 36 heavy (non-hydrogen) atoms. The molecule has 0 radical (unpaired) electrons. The first-order valence-electron chi connectivity index (χ1n) is 12.1. The number of ether oxygens (including phenoxy) is 2. The Kier molecular flexibility index (Phi) is 6.26. The Morgan fingerprint density at radius 1 is 1.00 bits per heavy atom. The molecule has 0 bridgehead atoms. The Bertz CT molecular complexity index is 1230. The molecule has 0 unspecified atom stereocenters. The van der Waals surface area contributed by atoms with Crippen molar-refractivity contribution in [1.82, 2.24) is 4.90 Å². The number of aryl methyl sites for hydroxylation is 1. The topological polar surface area (TPSA) is 79.4 Å². The fourth-order valence-corrected chi connectivity index (χ4v) is 4.98. The average molecular weight is 488 g/mol. The van der Waals surface area contributed by atoms with Gasteiger partial charge in [0, 0.05) is 44.1 Å². The zero-order valence-corrected chi connectivity index (χ0v) is 20.3. The minimum Gasteiger partial charge on any atom is -0.404 e. The minimum absolute atomic E-state index is 0.00916. The Morgan fingerprint density at radius 2 is 1.75 bits per heavy atom. The summed E-state index contributed by atoms with van der Waals surface area (Å²) in [6.45, 7) is 9.87. The molecular weight excluding hydrogens is 458 g/mol. The second kappa shape index (κ2) is 9.53. The van der Waals surface area contributed by atoms with Crippen molar-refractivity contribution < 1.29 is 23.9 Å². The second-order valence-electron chi connectivity index (χ2n) is 9.33. The maximum Gasteiger partial charge on any atom is 0.421 e. The third-order valence-corrected chi connectivity index (χ3v) is 6.77. The van der Waals surface area contributed by atoms with E-state index in [4.69, 9.17) is 9.47 Å². The van der Waals surface area contributed by atoms with Gasteiger partial charge in [-0.15, -0.1) is 6.58 Å². The summed E-state index contributed by atoms with van der Waals surface area (Å²) in [6, 6.07) is 14.4. The zero-order chi connectivity index (χ0) is 25.3. The number of hydrogen-bond acceptors (Lipinski definition) is 7. The van der Waals surface area contributed by atoms with E-state index in [0.717, 1.165) is 37.3 Å². The molecule has 0 aliphatic carbocycles. The Morgan fingerprint density at radius 3 is 2.44 bits per heavy atom. The van der Waals surface area contributed by atoms with Gasteiger partial charge in [-0.3, -0.25) is 4.79 Å². The van der Waals surface area contributed by atoms with E-state index >= 15 is 0 Å². The van der Waals surface area contributed by atoms with Crippen LogP contribution in [0.1, 0.15) is 16.7 Å². The van der Waals surface area contributed by atoms with Crippen molar-refractivity contribution in [1.29, 1.82) is 0 Å². The monoisotopic (exact) mass is 487 g/mol. The third-order valence-electron chi connectivity index (χ3n) is 6.77. The van der Waals surface area contributed by atoms with Crippen LogP contribution in [0.25, 0.3) is 0 Å². The van der Waals surface area contributed by atoms with Gasteiger partial charge in [-0.05, 0) is 54.4 Å². The van der Waals surface area contributed by atoms with Gasteiger partial charge in [-0.25, -0.2) is 9.59 Å². The van der Waals surface area contributed by atoms with Crippen LogP contribution in [0.5, 0.6) is 0 Å². The SMILES string of the molecule is C=CCN1C(=O)C2(Cc3cc(C/C=C/N4CCN(c5cccc(C)c5)CC4)ccc31)OC(=O)C(=O)O2. The zero-order valence-electron chi connectivity index (χ0n) is 20.3. The van der Waals surface area contributed by atoms with Gasteiger partial charge in [0.05, 0.1) is 6.42 Å². The van der Waals surface area contributed by atoms with Gasteiger partial charge in [-0.1, -0.05) is 36.4 Å². The van der Waals surface area contributed by atoms with Crippen molar-refractivity contribution in [2.45, 2.75) is 25.6 Å². The highest BCUT2D eigenvalue weighted by Crippen LogP contribution is 2.38. The minimum atomic E-state index is -1.93. The van der Waals surface area contributed by atoms with Gasteiger partial charge in [-0.2, -0.15) is 0 Å². The van der Waals surface area contributed by atoms with Crippen LogP contribution in [0.2, 0.25) is 0 Å². The highest BCUT2D eigenvalue weighted by molar-refractivity contribution is 6.32. The summed E-state index contributed by atoms with van der Waals surface area (Å²) in [5.41, 5.74) is 5.06. The number of hydrogen-bond donors (Lipinski definition) is 0. The number of fused-ring (bicyclic) bond motifs is 1. The highest BCUT2D eigenvalue weighted by Gasteiger charge is 2.59. The number of nitrogens with zero attached hydrogens (tertiary/aromatic N) is 3. The lowest BCUT2D eigenvalue weighted by atomic mass is 9.93. The van der Waals surface area contributed by atoms with E-state index in [9.17, 15) is 14.4 Å². The maximum absolute atomic E-state index is 13.1. The van der Waals surface area contributed by atoms with Crippen LogP contribution in [-0.2, 0) is 36.7 Å². The first kappa shape index (κ1) is 23.7. The molecule has 2 aromatic carbocycles. The number of benzene rings is 2. The van der Waals surface area contributed by atoms with Gasteiger partial charge < -0.3 is 24.2 Å². The predicted octanol–water partition coefficient (Wildman–Crippen LogP) is 2.74. The van der Waals surface area contributed by atoms with E-state index in [1.807, 2.05) is 18.2 Å². The van der Waals surface area contributed by atoms with Crippen molar-refractivity contribution in [3.8, 4) is 0 Å². The number of rotatable bonds is 6. The van der Waals surface area contributed by atoms with Crippen LogP contribution >= 0.6 is 0 Å². The molecular formula is C28H29N3O5. The van der Waals surface area contributed by atoms with Gasteiger partial charge in [0.25, 0.3) is 0 Å². The fourth-order valence-electron chi connectivity index (χ4n) is 4.98. The summed E-state index contributed by atoms with van der Waals surface area (Å²) in [5, 5.41) is 0. The summed E-state index contributed by atoms with van der Waals surface area (Å²) < 4.78 is 10.3. The third kappa shape index (κ3) is 4.46. The number of carbonyl (C=O) groups excluding carboxylic acids is 3. The highest BCUT2D eigenvalue weighted by atomic mass is 16.8. The first-order valence-corrected chi connectivity index (χ1v) is 12.1. The molecule has 0 aromatic heterocycles. The second-order valence-corrected chi connectivity index (χ2v) is 9.33. The number of piperazine rings is 1. The predicted molar refractivity (Wildman–Crippen MR) is 135 cm³/mol. The molecule has 8 heteroatoms. The fraction of sp³-hybridized carbons (Fsp3) is 0.321. The summed E-state index contributed by atoms with van der Waals surface area (Å²) in [5.74, 6) is -4.80. The van der Waals surface area contributed by atoms with E-state index in [-0.39, 0.29) is 13.0 Å². The molecule has 3 aliphatic rings. The van der Waals surface area contributed by atoms with Crippen LogP contribution in [0, 0.1) is 6.92 Å². The largest absolute Gasteiger partial charge is 0.421 e. The van der Waals surface area contributed by atoms with Crippen LogP contribution in [0.3, 0.4) is 0 Å². The molecule has 3 heterocycles. The number of anilines is 2. The summed E-state index contributed by atoms with van der Waals surface area (Å²) in [7, 11) is 0. The molecule has 0 saturated carbocycles. The summed E-state index contributed by atoms with van der Waals surface area (Å²) >= 11 is 0. The molecule has 186 valence electrons. The molecule has 5 rings (SSSR count). The molecule has 0 N–H and O–H groups in total. The van der Waals surface area contributed by atoms with E-state index in [0.29, 0.717) is 12.1 Å².